The average molecular weight is 306 g/mol. The van der Waals surface area contributed by atoms with E-state index in [1.807, 2.05) is 25.1 Å². The number of nitrogens with one attached hydrogen (secondary N) is 1. The number of urea groups is 1. The molecule has 2 N–H and O–H groups in total. The summed E-state index contributed by atoms with van der Waals surface area (Å²) in [5, 5.41) is 12.4. The van der Waals surface area contributed by atoms with Crippen LogP contribution in [-0.4, -0.2) is 41.8 Å². The lowest BCUT2D eigenvalue weighted by Gasteiger charge is -2.17. The molecule has 5 nitrogen and oxygen atoms in total. The van der Waals surface area contributed by atoms with Crippen molar-refractivity contribution in [1.29, 1.82) is 0 Å². The predicted molar refractivity (Wildman–Crippen MR) is 87.3 cm³/mol. The van der Waals surface area contributed by atoms with Crippen LogP contribution in [-0.2, 0) is 0 Å². The number of hydrogen-bond donors (Lipinski definition) is 2. The van der Waals surface area contributed by atoms with Gasteiger partial charge >= 0.3 is 6.03 Å². The fraction of sp³-hybridized carbons (Fsp3) is 0.588. The van der Waals surface area contributed by atoms with Crippen LogP contribution in [0.1, 0.15) is 32.3 Å². The van der Waals surface area contributed by atoms with Gasteiger partial charge in [0.2, 0.25) is 0 Å². The predicted octanol–water partition coefficient (Wildman–Crippen LogP) is 3.02. The molecule has 1 heterocycles. The Kier molecular flexibility index (Phi) is 5.66. The van der Waals surface area contributed by atoms with Crippen molar-refractivity contribution in [3.05, 3.63) is 23.8 Å². The van der Waals surface area contributed by atoms with Crippen molar-refractivity contribution in [2.45, 2.75) is 39.7 Å². The van der Waals surface area contributed by atoms with Crippen LogP contribution in [0, 0.1) is 12.8 Å². The first kappa shape index (κ1) is 16.6. The summed E-state index contributed by atoms with van der Waals surface area (Å²) >= 11 is 0. The van der Waals surface area contributed by atoms with Crippen LogP contribution in [0.15, 0.2) is 18.2 Å². The Morgan fingerprint density at radius 3 is 2.91 bits per heavy atom. The number of nitrogens with zero attached hydrogens (tertiary/aromatic N) is 1. The normalized spacial score (nSPS) is 17.9. The third-order valence-electron chi connectivity index (χ3n) is 3.84. The van der Waals surface area contributed by atoms with Gasteiger partial charge in [0.15, 0.2) is 0 Å². The maximum atomic E-state index is 12.1. The lowest BCUT2D eigenvalue weighted by Crippen LogP contribution is -2.33. The number of benzene rings is 1. The first-order valence-corrected chi connectivity index (χ1v) is 7.93. The Labute approximate surface area is 132 Å². The van der Waals surface area contributed by atoms with Crippen LogP contribution in [0.25, 0.3) is 0 Å². The van der Waals surface area contributed by atoms with Crippen molar-refractivity contribution in [1.82, 2.24) is 4.90 Å². The van der Waals surface area contributed by atoms with E-state index in [9.17, 15) is 9.90 Å². The van der Waals surface area contributed by atoms with Crippen LogP contribution in [0.2, 0.25) is 0 Å². The second-order valence-electron chi connectivity index (χ2n) is 6.33. The number of rotatable bonds is 5. The second-order valence-corrected chi connectivity index (χ2v) is 6.33. The Morgan fingerprint density at radius 2 is 2.27 bits per heavy atom. The van der Waals surface area contributed by atoms with Crippen molar-refractivity contribution in [3.63, 3.8) is 0 Å². The molecule has 0 aromatic heterocycles. The molecular formula is C17H26N2O3. The van der Waals surface area contributed by atoms with E-state index in [4.69, 9.17) is 4.74 Å². The molecule has 0 radical (unpaired) electrons. The minimum atomic E-state index is -0.404. The van der Waals surface area contributed by atoms with Gasteiger partial charge < -0.3 is 20.1 Å². The monoisotopic (exact) mass is 306 g/mol. The first-order chi connectivity index (χ1) is 10.5. The lowest BCUT2D eigenvalue weighted by atomic mass is 10.1. The van der Waals surface area contributed by atoms with Gasteiger partial charge in [0.1, 0.15) is 5.75 Å². The molecule has 0 saturated carbocycles. The van der Waals surface area contributed by atoms with E-state index < -0.39 is 6.10 Å². The summed E-state index contributed by atoms with van der Waals surface area (Å²) in [5.74, 6) is 1.41. The van der Waals surface area contributed by atoms with Crippen LogP contribution < -0.4 is 10.1 Å². The molecule has 1 aliphatic rings. The second kappa shape index (κ2) is 7.49. The van der Waals surface area contributed by atoms with Gasteiger partial charge in [0.25, 0.3) is 0 Å². The van der Waals surface area contributed by atoms with Gasteiger partial charge in [-0.05, 0) is 37.3 Å². The van der Waals surface area contributed by atoms with Gasteiger partial charge in [0, 0.05) is 24.8 Å². The fourth-order valence-electron chi connectivity index (χ4n) is 2.37. The molecule has 22 heavy (non-hydrogen) atoms. The number of hydrogen-bond acceptors (Lipinski definition) is 3. The number of amides is 2. The largest absolute Gasteiger partial charge is 0.493 e. The molecule has 0 bridgehead atoms. The van der Waals surface area contributed by atoms with Gasteiger partial charge in [-0.3, -0.25) is 0 Å². The highest BCUT2D eigenvalue weighted by Crippen LogP contribution is 2.24. The van der Waals surface area contributed by atoms with Gasteiger partial charge in [0.05, 0.1) is 12.7 Å². The molecule has 5 heteroatoms. The van der Waals surface area contributed by atoms with Crippen molar-refractivity contribution < 1.29 is 14.6 Å². The smallest absolute Gasteiger partial charge is 0.321 e. The summed E-state index contributed by atoms with van der Waals surface area (Å²) in [4.78, 5) is 13.8. The molecule has 1 atom stereocenters. The zero-order valence-electron chi connectivity index (χ0n) is 13.6. The number of aryl methyl sites for hydroxylation is 1. The molecule has 0 unspecified atom stereocenters. The zero-order valence-corrected chi connectivity index (χ0v) is 13.6. The van der Waals surface area contributed by atoms with Crippen LogP contribution in [0.3, 0.4) is 0 Å². The summed E-state index contributed by atoms with van der Waals surface area (Å²) in [6.45, 7) is 7.99. The highest BCUT2D eigenvalue weighted by atomic mass is 16.5. The summed E-state index contributed by atoms with van der Waals surface area (Å²) < 4.78 is 5.81. The van der Waals surface area contributed by atoms with Gasteiger partial charge in [-0.1, -0.05) is 19.9 Å². The first-order valence-electron chi connectivity index (χ1n) is 7.93. The highest BCUT2D eigenvalue weighted by Gasteiger charge is 2.24. The molecule has 2 amide bonds. The number of likely N-dealkylation sites (tertiary alicyclic amines) is 1. The third-order valence-corrected chi connectivity index (χ3v) is 3.84. The number of carbonyl (C=O) groups excluding carboxylic acids is 1. The molecule has 1 aromatic rings. The average Bonchev–Trinajstić information content (AvgIpc) is 2.88. The van der Waals surface area contributed by atoms with Crippen LogP contribution >= 0.6 is 0 Å². The molecule has 122 valence electrons. The van der Waals surface area contributed by atoms with Gasteiger partial charge in [-0.25, -0.2) is 4.79 Å². The van der Waals surface area contributed by atoms with Crippen LogP contribution in [0.4, 0.5) is 10.5 Å². The van der Waals surface area contributed by atoms with E-state index in [-0.39, 0.29) is 6.03 Å². The fourth-order valence-corrected chi connectivity index (χ4v) is 2.37. The molecule has 1 fully saturated rings. The standard InChI is InChI=1S/C17H26N2O3/c1-12(2)7-9-22-16-10-14(5-4-13(16)3)18-17(21)19-8-6-15(20)11-19/h4-5,10,12,15,20H,6-9,11H2,1-3H3,(H,18,21)/t15-/m0/s1. The van der Waals surface area contributed by atoms with E-state index in [0.717, 1.165) is 23.4 Å². The number of aliphatic hydroxyl groups excluding tert-OH is 1. The summed E-state index contributed by atoms with van der Waals surface area (Å²) in [6.07, 6.45) is 1.24. The molecular weight excluding hydrogens is 280 g/mol. The number of anilines is 1. The minimum Gasteiger partial charge on any atom is -0.493 e. The molecule has 2 rings (SSSR count). The van der Waals surface area contributed by atoms with E-state index in [1.165, 1.54) is 0 Å². The van der Waals surface area contributed by atoms with E-state index in [0.29, 0.717) is 32.0 Å². The molecule has 1 saturated heterocycles. The van der Waals surface area contributed by atoms with E-state index in [1.54, 1.807) is 4.90 Å². The number of ether oxygens (including phenoxy) is 1. The van der Waals surface area contributed by atoms with E-state index in [2.05, 4.69) is 19.2 Å². The highest BCUT2D eigenvalue weighted by molar-refractivity contribution is 5.89. The zero-order chi connectivity index (χ0) is 16.1. The van der Waals surface area contributed by atoms with Crippen molar-refractivity contribution in [3.8, 4) is 5.75 Å². The molecule has 1 aromatic carbocycles. The number of carbonyl (C=O) groups is 1. The molecule has 0 spiro atoms. The maximum Gasteiger partial charge on any atom is 0.321 e. The van der Waals surface area contributed by atoms with Crippen molar-refractivity contribution in [2.24, 2.45) is 5.92 Å². The molecule has 1 aliphatic heterocycles. The number of aliphatic hydroxyl groups is 1. The van der Waals surface area contributed by atoms with E-state index >= 15 is 0 Å². The number of β-amino-alcohol motifs (C(OH)–C–C–N with tert-alkyl or cyclic N) is 1. The van der Waals surface area contributed by atoms with Gasteiger partial charge in [-0.2, -0.15) is 0 Å². The summed E-state index contributed by atoms with van der Waals surface area (Å²) in [7, 11) is 0. The Balaban J connectivity index is 1.95. The Hall–Kier alpha value is -1.75. The quantitative estimate of drug-likeness (QED) is 0.879. The maximum absolute atomic E-state index is 12.1. The molecule has 0 aliphatic carbocycles. The van der Waals surface area contributed by atoms with Crippen molar-refractivity contribution in [2.75, 3.05) is 25.0 Å². The Bertz CT molecular complexity index is 517. The third kappa shape index (κ3) is 4.63. The van der Waals surface area contributed by atoms with Crippen LogP contribution in [0.5, 0.6) is 5.75 Å². The minimum absolute atomic E-state index is 0.173. The van der Waals surface area contributed by atoms with Crippen molar-refractivity contribution >= 4 is 11.7 Å². The topological polar surface area (TPSA) is 61.8 Å². The summed E-state index contributed by atoms with van der Waals surface area (Å²) in [5.41, 5.74) is 1.77. The Morgan fingerprint density at radius 1 is 1.50 bits per heavy atom. The lowest BCUT2D eigenvalue weighted by molar-refractivity contribution is 0.176. The van der Waals surface area contributed by atoms with Gasteiger partial charge in [-0.15, -0.1) is 0 Å². The summed E-state index contributed by atoms with van der Waals surface area (Å²) in [6, 6.07) is 5.50. The SMILES string of the molecule is Cc1ccc(NC(=O)N2CC[C@H](O)C2)cc1OCCC(C)C.